The maximum atomic E-state index is 16.2. The number of para-hydroxylation sites is 1. The van der Waals surface area contributed by atoms with E-state index in [0.29, 0.717) is 29.2 Å². The Hall–Kier alpha value is -4.99. The molecule has 1 amide bonds. The molecule has 0 saturated heterocycles. The molecule has 1 aliphatic rings. The van der Waals surface area contributed by atoms with Crippen LogP contribution in [0.4, 0.5) is 15.8 Å². The standard InChI is InChI=1S/C35H39FN2O7/c1-7-16-44-24-12-14-25(26(36)19-24)33-34(45-21-39)27(20-35(3,4)8-2)37-32-28(10-9-11-29(32)40)38(33)31(41)18-22-17-23(42-5)13-15-30(22)43-6/h7,9-15,17,19,21,33,37,40H,1,8,16,18,20H2,2-6H3. The van der Waals surface area contributed by atoms with Crippen LogP contribution in [0.1, 0.15) is 50.8 Å². The zero-order chi connectivity index (χ0) is 32.7. The van der Waals surface area contributed by atoms with Crippen molar-refractivity contribution in [2.24, 2.45) is 5.41 Å². The summed E-state index contributed by atoms with van der Waals surface area (Å²) in [5, 5.41) is 14.3. The highest BCUT2D eigenvalue weighted by atomic mass is 19.1. The number of fused-ring (bicyclic) bond motifs is 1. The van der Waals surface area contributed by atoms with Gasteiger partial charge in [-0.05, 0) is 54.3 Å². The van der Waals surface area contributed by atoms with Crippen LogP contribution in [-0.4, -0.2) is 38.3 Å². The van der Waals surface area contributed by atoms with E-state index in [1.165, 1.54) is 37.3 Å². The van der Waals surface area contributed by atoms with Gasteiger partial charge in [-0.2, -0.15) is 0 Å². The number of rotatable bonds is 13. The summed E-state index contributed by atoms with van der Waals surface area (Å²) in [6, 6.07) is 12.8. The molecule has 0 bridgehead atoms. The van der Waals surface area contributed by atoms with Gasteiger partial charge in [0.25, 0.3) is 6.47 Å². The Morgan fingerprint density at radius 3 is 2.51 bits per heavy atom. The van der Waals surface area contributed by atoms with Crippen LogP contribution in [0.5, 0.6) is 23.0 Å². The van der Waals surface area contributed by atoms with E-state index in [9.17, 15) is 14.7 Å². The van der Waals surface area contributed by atoms with Crippen molar-refractivity contribution in [1.29, 1.82) is 0 Å². The maximum absolute atomic E-state index is 16.2. The lowest BCUT2D eigenvalue weighted by Crippen LogP contribution is -2.38. The Morgan fingerprint density at radius 1 is 1.11 bits per heavy atom. The highest BCUT2D eigenvalue weighted by molar-refractivity contribution is 6.01. The normalized spacial score (nSPS) is 14.5. The zero-order valence-electron chi connectivity index (χ0n) is 26.2. The van der Waals surface area contributed by atoms with E-state index in [1.54, 1.807) is 42.5 Å². The molecule has 0 aromatic heterocycles. The van der Waals surface area contributed by atoms with Crippen molar-refractivity contribution < 1.29 is 38.0 Å². The second kappa shape index (κ2) is 14.2. The van der Waals surface area contributed by atoms with Crippen LogP contribution >= 0.6 is 0 Å². The van der Waals surface area contributed by atoms with Crippen LogP contribution in [0.2, 0.25) is 0 Å². The number of allylic oxidation sites excluding steroid dienone is 1. The van der Waals surface area contributed by atoms with Gasteiger partial charge in [0.2, 0.25) is 5.91 Å². The third kappa shape index (κ3) is 7.22. The van der Waals surface area contributed by atoms with Gasteiger partial charge in [0.05, 0.1) is 32.0 Å². The van der Waals surface area contributed by atoms with Crippen molar-refractivity contribution in [2.45, 2.75) is 46.1 Å². The minimum absolute atomic E-state index is 0.0201. The molecule has 0 spiro atoms. The van der Waals surface area contributed by atoms with Gasteiger partial charge in [-0.1, -0.05) is 45.9 Å². The number of amides is 1. The molecule has 3 aromatic rings. The van der Waals surface area contributed by atoms with Gasteiger partial charge in [-0.15, -0.1) is 0 Å². The summed E-state index contributed by atoms with van der Waals surface area (Å²) in [5.41, 5.74) is 1.15. The Morgan fingerprint density at radius 2 is 1.87 bits per heavy atom. The molecule has 3 aromatic carbocycles. The molecule has 238 valence electrons. The molecule has 0 saturated carbocycles. The van der Waals surface area contributed by atoms with Gasteiger partial charge in [0.15, 0.2) is 5.76 Å². The molecule has 9 nitrogen and oxygen atoms in total. The molecule has 0 radical (unpaired) electrons. The van der Waals surface area contributed by atoms with Crippen molar-refractivity contribution in [3.8, 4) is 23.0 Å². The Kier molecular flexibility index (Phi) is 10.4. The van der Waals surface area contributed by atoms with E-state index in [-0.39, 0.29) is 59.1 Å². The van der Waals surface area contributed by atoms with Crippen molar-refractivity contribution in [1.82, 2.24) is 0 Å². The van der Waals surface area contributed by atoms with Crippen molar-refractivity contribution in [3.05, 3.63) is 95.7 Å². The highest BCUT2D eigenvalue weighted by Crippen LogP contribution is 2.48. The lowest BCUT2D eigenvalue weighted by atomic mass is 9.84. The number of anilines is 2. The molecule has 45 heavy (non-hydrogen) atoms. The monoisotopic (exact) mass is 618 g/mol. The molecule has 1 atom stereocenters. The number of hydrogen-bond acceptors (Lipinski definition) is 8. The van der Waals surface area contributed by atoms with Crippen LogP contribution in [0, 0.1) is 11.2 Å². The zero-order valence-corrected chi connectivity index (χ0v) is 26.2. The van der Waals surface area contributed by atoms with Crippen molar-refractivity contribution in [2.75, 3.05) is 31.0 Å². The van der Waals surface area contributed by atoms with E-state index < -0.39 is 17.8 Å². The van der Waals surface area contributed by atoms with E-state index in [0.717, 1.165) is 6.42 Å². The number of carbonyl (C=O) groups is 2. The summed E-state index contributed by atoms with van der Waals surface area (Å²) in [5.74, 6) is -0.0832. The molecule has 2 N–H and O–H groups in total. The third-order valence-electron chi connectivity index (χ3n) is 7.88. The number of phenolic OH excluding ortho intramolecular Hbond substituents is 1. The van der Waals surface area contributed by atoms with Gasteiger partial charge in [-0.25, -0.2) is 4.39 Å². The molecule has 4 rings (SSSR count). The van der Waals surface area contributed by atoms with Crippen LogP contribution in [0.3, 0.4) is 0 Å². The van der Waals surface area contributed by atoms with E-state index >= 15 is 4.39 Å². The fraction of sp³-hybridized carbons (Fsp3) is 0.314. The first-order valence-corrected chi connectivity index (χ1v) is 14.6. The van der Waals surface area contributed by atoms with Crippen LogP contribution in [0.25, 0.3) is 0 Å². The smallest absolute Gasteiger partial charge is 0.298 e. The van der Waals surface area contributed by atoms with E-state index in [2.05, 4.69) is 11.9 Å². The van der Waals surface area contributed by atoms with Crippen LogP contribution in [0.15, 0.2) is 78.7 Å². The van der Waals surface area contributed by atoms with E-state index in [1.807, 2.05) is 20.8 Å². The fourth-order valence-corrected chi connectivity index (χ4v) is 5.21. The maximum Gasteiger partial charge on any atom is 0.298 e. The number of hydrogen-bond donors (Lipinski definition) is 2. The highest BCUT2D eigenvalue weighted by Gasteiger charge is 2.40. The fourth-order valence-electron chi connectivity index (χ4n) is 5.21. The van der Waals surface area contributed by atoms with Crippen molar-refractivity contribution >= 4 is 23.8 Å². The third-order valence-corrected chi connectivity index (χ3v) is 7.88. The second-order valence-corrected chi connectivity index (χ2v) is 11.4. The molecule has 1 heterocycles. The number of halogens is 1. The summed E-state index contributed by atoms with van der Waals surface area (Å²) in [4.78, 5) is 28.0. The first-order chi connectivity index (χ1) is 21.6. The van der Waals surface area contributed by atoms with Gasteiger partial charge in [0, 0.05) is 17.2 Å². The van der Waals surface area contributed by atoms with Crippen LogP contribution < -0.4 is 24.4 Å². The number of phenols is 1. The first-order valence-electron chi connectivity index (χ1n) is 14.6. The second-order valence-electron chi connectivity index (χ2n) is 11.4. The summed E-state index contributed by atoms with van der Waals surface area (Å²) in [6.45, 7) is 10.2. The van der Waals surface area contributed by atoms with Crippen LogP contribution in [-0.2, 0) is 20.7 Å². The van der Waals surface area contributed by atoms with E-state index in [4.69, 9.17) is 18.9 Å². The number of aromatic hydroxyl groups is 1. The predicted octanol–water partition coefficient (Wildman–Crippen LogP) is 7.07. The SMILES string of the molecule is C=CCOc1ccc(C2C(OC=O)=C(CC(C)(C)CC)Nc3c(O)cccc3N2C(=O)Cc2cc(OC)ccc2OC)c(F)c1. The Balaban J connectivity index is 2.01. The lowest BCUT2D eigenvalue weighted by molar-refractivity contribution is -0.126. The topological polar surface area (TPSA) is 107 Å². The van der Waals surface area contributed by atoms with Gasteiger partial charge in [0.1, 0.15) is 47.2 Å². The minimum atomic E-state index is -1.26. The average Bonchev–Trinajstić information content (AvgIpc) is 3.15. The molecular weight excluding hydrogens is 579 g/mol. The largest absolute Gasteiger partial charge is 0.506 e. The Labute approximate surface area is 262 Å². The van der Waals surface area contributed by atoms with Gasteiger partial charge in [-0.3, -0.25) is 14.5 Å². The molecule has 0 aliphatic carbocycles. The summed E-state index contributed by atoms with van der Waals surface area (Å²) >= 11 is 0. The quantitative estimate of drug-likeness (QED) is 0.119. The van der Waals surface area contributed by atoms with Gasteiger partial charge >= 0.3 is 0 Å². The molecule has 10 heteroatoms. The average molecular weight is 619 g/mol. The molecule has 1 unspecified atom stereocenters. The molecule has 1 aliphatic heterocycles. The summed E-state index contributed by atoms with van der Waals surface area (Å²) in [7, 11) is 3.01. The number of methoxy groups -OCH3 is 2. The number of nitrogens with one attached hydrogen (secondary N) is 1. The van der Waals surface area contributed by atoms with Gasteiger partial charge < -0.3 is 29.4 Å². The molecule has 0 fully saturated rings. The Bertz CT molecular complexity index is 1600. The predicted molar refractivity (Wildman–Crippen MR) is 170 cm³/mol. The first kappa shape index (κ1) is 32.9. The molecular formula is C35H39FN2O7. The lowest BCUT2D eigenvalue weighted by Gasteiger charge is -2.33. The number of nitrogens with zero attached hydrogens (tertiary/aromatic N) is 1. The summed E-state index contributed by atoms with van der Waals surface area (Å²) < 4.78 is 38.3. The number of ether oxygens (including phenoxy) is 4. The minimum Gasteiger partial charge on any atom is -0.506 e. The number of benzene rings is 3. The number of carbonyl (C=O) groups excluding carboxylic acids is 2. The summed E-state index contributed by atoms with van der Waals surface area (Å²) in [6.07, 6.45) is 2.45. The van der Waals surface area contributed by atoms with Crippen molar-refractivity contribution in [3.63, 3.8) is 0 Å².